The number of nitrogen functional groups attached to an aromatic ring is 1. The summed E-state index contributed by atoms with van der Waals surface area (Å²) in [5.74, 6) is 2.39. The van der Waals surface area contributed by atoms with Crippen LogP contribution in [-0.2, 0) is 0 Å². The molecule has 6 rings (SSSR count). The van der Waals surface area contributed by atoms with Gasteiger partial charge in [-0.2, -0.15) is 19.5 Å². The first-order valence-electron chi connectivity index (χ1n) is 12.8. The smallest absolute Gasteiger partial charge is 0.335 e. The van der Waals surface area contributed by atoms with Gasteiger partial charge >= 0.3 is 5.97 Å². The van der Waals surface area contributed by atoms with Gasteiger partial charge in [-0.25, -0.2) is 4.79 Å². The molecular formula is C26H30N8O3. The van der Waals surface area contributed by atoms with Crippen LogP contribution >= 0.6 is 0 Å². The molecule has 4 aromatic rings. The number of piperidine rings is 2. The predicted molar refractivity (Wildman–Crippen MR) is 137 cm³/mol. The Morgan fingerprint density at radius 1 is 1.05 bits per heavy atom. The fourth-order valence-corrected chi connectivity index (χ4v) is 5.55. The number of carboxylic acids is 1. The van der Waals surface area contributed by atoms with Crippen molar-refractivity contribution in [3.05, 3.63) is 53.8 Å². The molecule has 0 saturated carbocycles. The Morgan fingerprint density at radius 2 is 1.86 bits per heavy atom. The zero-order valence-electron chi connectivity index (χ0n) is 20.5. The molecule has 1 aromatic carbocycles. The lowest BCUT2D eigenvalue weighted by Gasteiger charge is -2.38. The SMILES string of the molecule is Nc1nc(N2CCCC(CN3CCC(c4ccc(C(=O)O)cc4)CC3)C2)nc2nc(-c3ccco3)nn12. The number of anilines is 2. The Labute approximate surface area is 213 Å². The average Bonchev–Trinajstić information content (AvgIpc) is 3.60. The molecule has 2 aliphatic rings. The van der Waals surface area contributed by atoms with Crippen LogP contribution in [0.2, 0.25) is 0 Å². The molecule has 1 unspecified atom stereocenters. The molecule has 0 radical (unpaired) electrons. The molecule has 192 valence electrons. The van der Waals surface area contributed by atoms with E-state index in [1.54, 1.807) is 30.5 Å². The monoisotopic (exact) mass is 502 g/mol. The normalized spacial score (nSPS) is 19.5. The van der Waals surface area contributed by atoms with Crippen molar-refractivity contribution in [1.29, 1.82) is 0 Å². The van der Waals surface area contributed by atoms with Gasteiger partial charge < -0.3 is 25.1 Å². The van der Waals surface area contributed by atoms with Crippen molar-refractivity contribution in [2.24, 2.45) is 5.92 Å². The number of likely N-dealkylation sites (tertiary alicyclic amines) is 1. The Morgan fingerprint density at radius 3 is 2.59 bits per heavy atom. The Balaban J connectivity index is 1.08. The number of carboxylic acid groups (broad SMARTS) is 1. The van der Waals surface area contributed by atoms with Gasteiger partial charge in [-0.05, 0) is 80.4 Å². The van der Waals surface area contributed by atoms with Crippen LogP contribution in [0.5, 0.6) is 0 Å². The van der Waals surface area contributed by atoms with E-state index < -0.39 is 5.97 Å². The number of nitrogens with two attached hydrogens (primary N) is 1. The maximum Gasteiger partial charge on any atom is 0.335 e. The molecule has 2 saturated heterocycles. The highest BCUT2D eigenvalue weighted by Crippen LogP contribution is 2.30. The number of nitrogens with zero attached hydrogens (tertiary/aromatic N) is 7. The maximum absolute atomic E-state index is 11.1. The summed E-state index contributed by atoms with van der Waals surface area (Å²) in [4.78, 5) is 29.6. The van der Waals surface area contributed by atoms with E-state index in [2.05, 4.69) is 29.9 Å². The van der Waals surface area contributed by atoms with Crippen LogP contribution < -0.4 is 10.6 Å². The van der Waals surface area contributed by atoms with E-state index in [-0.39, 0.29) is 5.95 Å². The van der Waals surface area contributed by atoms with E-state index in [4.69, 9.17) is 15.3 Å². The first-order valence-corrected chi connectivity index (χ1v) is 12.8. The van der Waals surface area contributed by atoms with Gasteiger partial charge in [0.25, 0.3) is 5.78 Å². The van der Waals surface area contributed by atoms with E-state index in [0.717, 1.165) is 52.0 Å². The summed E-state index contributed by atoms with van der Waals surface area (Å²) >= 11 is 0. The number of hydrogen-bond acceptors (Lipinski definition) is 9. The van der Waals surface area contributed by atoms with Crippen molar-refractivity contribution >= 4 is 23.6 Å². The summed E-state index contributed by atoms with van der Waals surface area (Å²) in [6.45, 7) is 4.91. The van der Waals surface area contributed by atoms with Crippen LogP contribution in [0.3, 0.4) is 0 Å². The summed E-state index contributed by atoms with van der Waals surface area (Å²) in [6, 6.07) is 11.0. The molecule has 0 bridgehead atoms. The van der Waals surface area contributed by atoms with Crippen molar-refractivity contribution in [2.45, 2.75) is 31.6 Å². The summed E-state index contributed by atoms with van der Waals surface area (Å²) in [5.41, 5.74) is 7.79. The molecule has 3 N–H and O–H groups in total. The third-order valence-electron chi connectivity index (χ3n) is 7.50. The lowest BCUT2D eigenvalue weighted by atomic mass is 9.88. The third-order valence-corrected chi connectivity index (χ3v) is 7.50. The van der Waals surface area contributed by atoms with Gasteiger partial charge in [0.05, 0.1) is 11.8 Å². The van der Waals surface area contributed by atoms with Crippen LogP contribution in [0, 0.1) is 5.92 Å². The minimum absolute atomic E-state index is 0.255. The molecule has 0 spiro atoms. The largest absolute Gasteiger partial charge is 0.478 e. The number of aromatic nitrogens is 5. The van der Waals surface area contributed by atoms with Gasteiger partial charge in [-0.3, -0.25) is 0 Å². The number of carbonyl (C=O) groups is 1. The van der Waals surface area contributed by atoms with Crippen molar-refractivity contribution in [3.8, 4) is 11.6 Å². The number of fused-ring (bicyclic) bond motifs is 1. The fraction of sp³-hybridized carbons (Fsp3) is 0.423. The van der Waals surface area contributed by atoms with Crippen molar-refractivity contribution in [1.82, 2.24) is 29.5 Å². The van der Waals surface area contributed by atoms with Crippen molar-refractivity contribution in [2.75, 3.05) is 43.4 Å². The van der Waals surface area contributed by atoms with Crippen LogP contribution in [0.15, 0.2) is 47.1 Å². The Hall–Kier alpha value is -3.99. The molecule has 2 fully saturated rings. The number of furan rings is 1. The minimum Gasteiger partial charge on any atom is -0.478 e. The molecule has 0 aliphatic carbocycles. The minimum atomic E-state index is -0.879. The molecule has 37 heavy (non-hydrogen) atoms. The highest BCUT2D eigenvalue weighted by Gasteiger charge is 2.27. The number of benzene rings is 1. The van der Waals surface area contributed by atoms with Gasteiger partial charge in [0.2, 0.25) is 17.7 Å². The third kappa shape index (κ3) is 4.86. The highest BCUT2D eigenvalue weighted by molar-refractivity contribution is 5.87. The second kappa shape index (κ2) is 9.81. The standard InChI is InChI=1S/C26H30N8O3/c27-24-29-25(30-26-28-22(31-34(24)26)21-4-2-14-37-21)33-11-1-3-17(16-33)15-32-12-9-19(10-13-32)18-5-7-20(8-6-18)23(35)36/h2,4-8,14,17,19H,1,3,9-13,15-16H2,(H,35,36)(H2,27,28,29,30,31). The van der Waals surface area contributed by atoms with E-state index in [0.29, 0.717) is 40.7 Å². The lowest BCUT2D eigenvalue weighted by Crippen LogP contribution is -2.43. The number of rotatable bonds is 6. The molecule has 2 aliphatic heterocycles. The molecule has 0 amide bonds. The van der Waals surface area contributed by atoms with Gasteiger partial charge in [0.15, 0.2) is 5.76 Å². The quantitative estimate of drug-likeness (QED) is 0.404. The van der Waals surface area contributed by atoms with E-state index in [1.165, 1.54) is 16.5 Å². The van der Waals surface area contributed by atoms with Crippen molar-refractivity contribution < 1.29 is 14.3 Å². The van der Waals surface area contributed by atoms with Gasteiger partial charge in [-0.15, -0.1) is 5.10 Å². The fourth-order valence-electron chi connectivity index (χ4n) is 5.55. The van der Waals surface area contributed by atoms with Crippen LogP contribution in [0.4, 0.5) is 11.9 Å². The number of hydrogen-bond donors (Lipinski definition) is 2. The van der Waals surface area contributed by atoms with Crippen LogP contribution in [0.1, 0.15) is 47.5 Å². The summed E-state index contributed by atoms with van der Waals surface area (Å²) in [5, 5.41) is 13.5. The Bertz CT molecular complexity index is 1380. The topological polar surface area (TPSA) is 139 Å². The van der Waals surface area contributed by atoms with Crippen LogP contribution in [-0.4, -0.2) is 73.3 Å². The van der Waals surface area contributed by atoms with Gasteiger partial charge in [0.1, 0.15) is 0 Å². The lowest BCUT2D eigenvalue weighted by molar-refractivity contribution is 0.0697. The predicted octanol–water partition coefficient (Wildman–Crippen LogP) is 3.16. The van der Waals surface area contributed by atoms with Gasteiger partial charge in [0, 0.05) is 19.6 Å². The van der Waals surface area contributed by atoms with E-state index >= 15 is 0 Å². The zero-order valence-corrected chi connectivity index (χ0v) is 20.5. The van der Waals surface area contributed by atoms with Gasteiger partial charge in [-0.1, -0.05) is 12.1 Å². The Kier molecular flexibility index (Phi) is 6.21. The first kappa shape index (κ1) is 23.4. The van der Waals surface area contributed by atoms with E-state index in [1.807, 2.05) is 12.1 Å². The second-order valence-electron chi connectivity index (χ2n) is 9.96. The molecular weight excluding hydrogens is 472 g/mol. The average molecular weight is 503 g/mol. The summed E-state index contributed by atoms with van der Waals surface area (Å²) < 4.78 is 6.85. The molecule has 5 heterocycles. The highest BCUT2D eigenvalue weighted by atomic mass is 16.4. The summed E-state index contributed by atoms with van der Waals surface area (Å²) in [7, 11) is 0. The molecule has 1 atom stereocenters. The second-order valence-corrected chi connectivity index (χ2v) is 9.96. The summed E-state index contributed by atoms with van der Waals surface area (Å²) in [6.07, 6.45) is 6.01. The maximum atomic E-state index is 11.1. The molecule has 11 heteroatoms. The van der Waals surface area contributed by atoms with Crippen molar-refractivity contribution in [3.63, 3.8) is 0 Å². The first-order chi connectivity index (χ1) is 18.0. The zero-order chi connectivity index (χ0) is 25.4. The van der Waals surface area contributed by atoms with E-state index in [9.17, 15) is 4.79 Å². The molecule has 11 nitrogen and oxygen atoms in total. The number of aromatic carboxylic acids is 1. The molecule has 3 aromatic heterocycles. The van der Waals surface area contributed by atoms with Crippen LogP contribution in [0.25, 0.3) is 17.4 Å².